The summed E-state index contributed by atoms with van der Waals surface area (Å²) in [5.74, 6) is -0.405. The van der Waals surface area contributed by atoms with Crippen LogP contribution in [0.15, 0.2) is 22.0 Å². The summed E-state index contributed by atoms with van der Waals surface area (Å²) in [5.41, 5.74) is -18.9. The van der Waals surface area contributed by atoms with Crippen molar-refractivity contribution >= 4 is 41.3 Å². The Morgan fingerprint density at radius 2 is 1.16 bits per heavy atom. The molecule has 0 amide bonds. The third-order valence-electron chi connectivity index (χ3n) is 3.71. The molecule has 0 aromatic carbocycles. The number of hydrogen-bond acceptors (Lipinski definition) is 7. The van der Waals surface area contributed by atoms with E-state index < -0.39 is 84.3 Å². The predicted octanol–water partition coefficient (Wildman–Crippen LogP) is 4.01. The number of rotatable bonds is 7. The van der Waals surface area contributed by atoms with Crippen LogP contribution in [0.2, 0.25) is 0 Å². The summed E-state index contributed by atoms with van der Waals surface area (Å²) in [6.07, 6.45) is -0.928. The number of unbranched alkanes of at least 4 members (excludes halogenated alkanes) is 1. The first-order valence-corrected chi connectivity index (χ1v) is 13.4. The van der Waals surface area contributed by atoms with Crippen molar-refractivity contribution < 1.29 is 64.8 Å². The van der Waals surface area contributed by atoms with Crippen LogP contribution in [0.25, 0.3) is 0 Å². The number of hydrogen-bond donors (Lipinski definition) is 0. The molecule has 1 aliphatic rings. The zero-order valence-corrected chi connectivity index (χ0v) is 18.6. The van der Waals surface area contributed by atoms with E-state index in [1.807, 2.05) is 0 Å². The van der Waals surface area contributed by atoms with Crippen molar-refractivity contribution in [3.05, 3.63) is 27.2 Å². The third kappa shape index (κ3) is 5.35. The molecule has 0 radical (unpaired) electrons. The maximum atomic E-state index is 13.1. The van der Waals surface area contributed by atoms with Crippen LogP contribution in [0.5, 0.6) is 0 Å². The molecule has 0 unspecified atom stereocenters. The highest BCUT2D eigenvalue weighted by Gasteiger charge is 2.55. The van der Waals surface area contributed by atoms with Crippen molar-refractivity contribution in [3.8, 4) is 0 Å². The highest BCUT2D eigenvalue weighted by Crippen LogP contribution is 2.48. The second-order valence-corrected chi connectivity index (χ2v) is 13.0. The fourth-order valence-electron chi connectivity index (χ4n) is 2.12. The third-order valence-corrected chi connectivity index (χ3v) is 10.0. The summed E-state index contributed by atoms with van der Waals surface area (Å²) in [4.78, 5) is -4.56. The molecule has 0 saturated heterocycles. The van der Waals surface area contributed by atoms with Crippen LogP contribution in [-0.4, -0.2) is 52.8 Å². The molecule has 188 valence electrons. The summed E-state index contributed by atoms with van der Waals surface area (Å²) in [6, 6.07) is 0. The number of thioether (sulfide) groups is 1. The Labute approximate surface area is 180 Å². The molecule has 19 heteroatoms. The zero-order valence-electron chi connectivity index (χ0n) is 15.3. The minimum Gasteiger partial charge on any atom is -0.228 e. The minimum absolute atomic E-state index is 0.0390. The smallest absolute Gasteiger partial charge is 0.228 e. The van der Waals surface area contributed by atoms with Crippen molar-refractivity contribution in [1.82, 2.24) is 0 Å². The van der Waals surface area contributed by atoms with Gasteiger partial charge in [0, 0.05) is 0 Å². The molecule has 1 rings (SSSR count). The van der Waals surface area contributed by atoms with Crippen LogP contribution in [0.1, 0.15) is 19.8 Å². The van der Waals surface area contributed by atoms with E-state index >= 15 is 0 Å². The number of sulfone groups is 3. The summed E-state index contributed by atoms with van der Waals surface area (Å²) in [6.45, 7) is 1.51. The van der Waals surface area contributed by atoms with Crippen molar-refractivity contribution in [2.45, 2.75) is 41.5 Å². The van der Waals surface area contributed by atoms with Gasteiger partial charge in [0.05, 0.1) is 0 Å². The first kappa shape index (κ1) is 29.0. The number of alkyl halides is 9. The van der Waals surface area contributed by atoms with Crippen molar-refractivity contribution in [1.29, 1.82) is 0 Å². The quantitative estimate of drug-likeness (QED) is 0.262. The summed E-state index contributed by atoms with van der Waals surface area (Å²) in [5, 5.41) is -5.20. The average molecular weight is 563 g/mol. The fraction of sp³-hybridized carbons (Fsp3) is 0.615. The fourth-order valence-corrected chi connectivity index (χ4v) is 7.41. The zero-order chi connectivity index (χ0) is 25.6. The molecule has 0 aromatic heterocycles. The Morgan fingerprint density at radius 3 is 1.44 bits per heavy atom. The van der Waals surface area contributed by atoms with E-state index in [4.69, 9.17) is 0 Å². The molecular formula is C13H12F9O6S4-. The highest BCUT2D eigenvalue weighted by molar-refractivity contribution is 8.05. The van der Waals surface area contributed by atoms with Crippen LogP contribution < -0.4 is 0 Å². The van der Waals surface area contributed by atoms with Gasteiger partial charge in [-0.1, -0.05) is 13.3 Å². The van der Waals surface area contributed by atoms with Crippen LogP contribution in [0.4, 0.5) is 39.5 Å². The molecule has 0 N–H and O–H groups in total. The minimum atomic E-state index is -6.75. The molecule has 0 atom stereocenters. The van der Waals surface area contributed by atoms with Gasteiger partial charge < -0.3 is 0 Å². The first-order valence-electron chi connectivity index (χ1n) is 7.89. The normalized spacial score (nSPS) is 17.9. The molecule has 0 aromatic rings. The van der Waals surface area contributed by atoms with Gasteiger partial charge in [0.1, 0.15) is 0 Å². The molecule has 6 nitrogen and oxygen atoms in total. The summed E-state index contributed by atoms with van der Waals surface area (Å²) < 4.78 is 188. The van der Waals surface area contributed by atoms with Crippen LogP contribution >= 0.6 is 11.8 Å². The summed E-state index contributed by atoms with van der Waals surface area (Å²) >= 11 is -0.0400. The predicted molar refractivity (Wildman–Crippen MR) is 95.5 cm³/mol. The lowest BCUT2D eigenvalue weighted by Crippen LogP contribution is -2.39. The Balaban J connectivity index is 4.02. The van der Waals surface area contributed by atoms with Gasteiger partial charge in [-0.05, 0) is 32.5 Å². The topological polar surface area (TPSA) is 102 Å². The van der Waals surface area contributed by atoms with Gasteiger partial charge in [-0.3, -0.25) is 0 Å². The van der Waals surface area contributed by atoms with Gasteiger partial charge >= 0.3 is 16.5 Å². The average Bonchev–Trinajstić information content (AvgIpc) is 2.58. The summed E-state index contributed by atoms with van der Waals surface area (Å²) in [7, 11) is -20.2. The molecule has 0 spiro atoms. The Hall–Kier alpha value is -1.08. The highest BCUT2D eigenvalue weighted by atomic mass is 32.2. The molecular weight excluding hydrogens is 551 g/mol. The van der Waals surface area contributed by atoms with E-state index in [9.17, 15) is 64.8 Å². The van der Waals surface area contributed by atoms with Crippen molar-refractivity contribution in [2.75, 3.05) is 5.75 Å². The van der Waals surface area contributed by atoms with Gasteiger partial charge in [0.15, 0.2) is 0 Å². The van der Waals surface area contributed by atoms with E-state index in [0.717, 1.165) is 0 Å². The molecule has 1 aliphatic carbocycles. The second kappa shape index (κ2) is 8.94. The first-order chi connectivity index (χ1) is 14.0. The van der Waals surface area contributed by atoms with E-state index in [1.54, 1.807) is 0 Å². The maximum Gasteiger partial charge on any atom is 0.490 e. The lowest BCUT2D eigenvalue weighted by Gasteiger charge is -2.36. The lowest BCUT2D eigenvalue weighted by atomic mass is 10.2. The number of halogens is 9. The molecule has 0 saturated carbocycles. The van der Waals surface area contributed by atoms with Gasteiger partial charge in [0.2, 0.25) is 29.5 Å². The van der Waals surface area contributed by atoms with Gasteiger partial charge in [0.25, 0.3) is 0 Å². The largest absolute Gasteiger partial charge is 0.490 e. The van der Waals surface area contributed by atoms with Crippen LogP contribution in [-0.2, 0) is 29.5 Å². The van der Waals surface area contributed by atoms with Crippen LogP contribution in [0.3, 0.4) is 0 Å². The van der Waals surface area contributed by atoms with Crippen molar-refractivity contribution in [3.63, 3.8) is 0 Å². The standard InChI is InChI=1S/C13H12F9O6S4/c1-2-3-4-29-10-8(31(25,26)12(17,18)19)5-7(30(23,24)11(14,15)16)6-9(10)32(27,28)13(20,21)22/h5-6,10H,2-4H2,1H3/q-1. The Bertz CT molecular complexity index is 1030. The van der Waals surface area contributed by atoms with E-state index in [2.05, 4.69) is 0 Å². The maximum absolute atomic E-state index is 13.1. The van der Waals surface area contributed by atoms with E-state index in [1.165, 1.54) is 6.92 Å². The molecule has 0 fully saturated rings. The molecule has 0 bridgehead atoms. The molecule has 0 heterocycles. The second-order valence-electron chi connectivity index (χ2n) is 5.95. The Morgan fingerprint density at radius 1 is 0.781 bits per heavy atom. The monoisotopic (exact) mass is 563 g/mol. The van der Waals surface area contributed by atoms with Gasteiger partial charge in [-0.2, -0.15) is 51.3 Å². The Kier molecular flexibility index (Phi) is 8.08. The van der Waals surface area contributed by atoms with Crippen LogP contribution in [0, 0.1) is 5.25 Å². The molecule has 0 aliphatic heterocycles. The van der Waals surface area contributed by atoms with Gasteiger partial charge in [-0.15, -0.1) is 12.2 Å². The van der Waals surface area contributed by atoms with E-state index in [-0.39, 0.29) is 24.6 Å². The molecule has 32 heavy (non-hydrogen) atoms. The lowest BCUT2D eigenvalue weighted by molar-refractivity contribution is -0.0433. The van der Waals surface area contributed by atoms with Crippen molar-refractivity contribution in [2.24, 2.45) is 0 Å². The van der Waals surface area contributed by atoms with Gasteiger partial charge in [-0.25, -0.2) is 25.3 Å². The SMILES string of the molecule is CCCCSC1C(S(=O)(=O)C(F)(F)F)=C[C-](S(=O)(=O)C(F)(F)F)C=C1S(=O)(=O)C(F)(F)F. The van der Waals surface area contributed by atoms with E-state index in [0.29, 0.717) is 0 Å².